The summed E-state index contributed by atoms with van der Waals surface area (Å²) in [7, 11) is 0. The fourth-order valence-corrected chi connectivity index (χ4v) is 2.30. The number of rotatable bonds is 8. The monoisotopic (exact) mass is 279 g/mol. The number of benzene rings is 1. The van der Waals surface area contributed by atoms with Crippen LogP contribution in [0, 0.1) is 16.0 Å². The Kier molecular flexibility index (Phi) is 6.45. The molecule has 0 aromatic heterocycles. The van der Waals surface area contributed by atoms with E-state index in [1.807, 2.05) is 0 Å². The molecule has 0 saturated carbocycles. The summed E-state index contributed by atoms with van der Waals surface area (Å²) in [4.78, 5) is 12.8. The third-order valence-corrected chi connectivity index (χ3v) is 3.85. The number of anilines is 1. The predicted molar refractivity (Wildman–Crippen MR) is 82.5 cm³/mol. The maximum atomic E-state index is 10.8. The Hall–Kier alpha value is -1.62. The Bertz CT molecular complexity index is 445. The van der Waals surface area contributed by atoms with E-state index in [1.54, 1.807) is 12.1 Å². The molecule has 0 fully saturated rings. The van der Waals surface area contributed by atoms with Crippen LogP contribution in [0.3, 0.4) is 0 Å². The molecule has 1 rings (SSSR count). The van der Waals surface area contributed by atoms with Crippen LogP contribution in [0.1, 0.15) is 39.2 Å². The van der Waals surface area contributed by atoms with Crippen molar-refractivity contribution in [1.82, 2.24) is 4.90 Å². The molecule has 0 radical (unpaired) electrons. The number of nitro benzene ring substituents is 1. The fraction of sp³-hybridized carbons (Fsp3) is 0.600. The molecule has 2 N–H and O–H groups in total. The predicted octanol–water partition coefficient (Wildman–Crippen LogP) is 3.44. The summed E-state index contributed by atoms with van der Waals surface area (Å²) in [6, 6.07) is 4.67. The molecule has 5 heteroatoms. The molecule has 0 unspecified atom stereocenters. The van der Waals surface area contributed by atoms with Crippen LogP contribution in [0.2, 0.25) is 0 Å². The molecule has 1 aromatic carbocycles. The summed E-state index contributed by atoms with van der Waals surface area (Å²) in [6.45, 7) is 9.09. The van der Waals surface area contributed by atoms with Crippen molar-refractivity contribution in [2.75, 3.05) is 18.8 Å². The van der Waals surface area contributed by atoms with Crippen molar-refractivity contribution >= 4 is 11.4 Å². The van der Waals surface area contributed by atoms with E-state index in [-0.39, 0.29) is 10.6 Å². The molecule has 20 heavy (non-hydrogen) atoms. The lowest BCUT2D eigenvalue weighted by atomic mass is 10.0. The Morgan fingerprint density at radius 3 is 2.45 bits per heavy atom. The van der Waals surface area contributed by atoms with Gasteiger partial charge in [0.05, 0.1) is 4.92 Å². The summed E-state index contributed by atoms with van der Waals surface area (Å²) < 4.78 is 0. The Balaban J connectivity index is 2.83. The van der Waals surface area contributed by atoms with Crippen LogP contribution in [0.4, 0.5) is 11.4 Å². The van der Waals surface area contributed by atoms with E-state index in [4.69, 9.17) is 5.73 Å². The average Bonchev–Trinajstić information content (AvgIpc) is 2.45. The van der Waals surface area contributed by atoms with Crippen molar-refractivity contribution in [1.29, 1.82) is 0 Å². The zero-order valence-corrected chi connectivity index (χ0v) is 12.6. The van der Waals surface area contributed by atoms with Gasteiger partial charge in [-0.15, -0.1) is 0 Å². The minimum absolute atomic E-state index is 0.104. The first-order chi connectivity index (χ1) is 9.51. The van der Waals surface area contributed by atoms with Gasteiger partial charge < -0.3 is 5.73 Å². The number of hydrogen-bond donors (Lipinski definition) is 1. The van der Waals surface area contributed by atoms with Crippen LogP contribution in [0.25, 0.3) is 0 Å². The second-order valence-corrected chi connectivity index (χ2v) is 5.15. The molecule has 112 valence electrons. The van der Waals surface area contributed by atoms with Gasteiger partial charge >= 0.3 is 0 Å². The summed E-state index contributed by atoms with van der Waals surface area (Å²) in [5, 5.41) is 10.8. The molecule has 0 spiro atoms. The molecule has 1 aromatic rings. The first-order valence-corrected chi connectivity index (χ1v) is 7.26. The molecule has 0 aliphatic rings. The highest BCUT2D eigenvalue weighted by Gasteiger charge is 2.14. The van der Waals surface area contributed by atoms with E-state index >= 15 is 0 Å². The van der Waals surface area contributed by atoms with Gasteiger partial charge in [-0.3, -0.25) is 15.0 Å². The van der Waals surface area contributed by atoms with Crippen molar-refractivity contribution in [3.63, 3.8) is 0 Å². The van der Waals surface area contributed by atoms with Crippen LogP contribution < -0.4 is 5.73 Å². The van der Waals surface area contributed by atoms with Gasteiger partial charge in [0.2, 0.25) is 0 Å². The van der Waals surface area contributed by atoms with E-state index < -0.39 is 0 Å². The van der Waals surface area contributed by atoms with Gasteiger partial charge in [-0.1, -0.05) is 33.6 Å². The van der Waals surface area contributed by atoms with Crippen molar-refractivity contribution in [3.05, 3.63) is 33.9 Å². The minimum Gasteiger partial charge on any atom is -0.398 e. The number of non-ortho nitro benzene ring substituents is 1. The largest absolute Gasteiger partial charge is 0.398 e. The number of nitrogens with zero attached hydrogens (tertiary/aromatic N) is 2. The van der Waals surface area contributed by atoms with Crippen LogP contribution in [0.5, 0.6) is 0 Å². The maximum absolute atomic E-state index is 10.8. The quantitative estimate of drug-likeness (QED) is 0.449. The second kappa shape index (κ2) is 7.85. The molecular weight excluding hydrogens is 254 g/mol. The Morgan fingerprint density at radius 1 is 1.30 bits per heavy atom. The first-order valence-electron chi connectivity index (χ1n) is 7.26. The van der Waals surface area contributed by atoms with Crippen LogP contribution >= 0.6 is 0 Å². The van der Waals surface area contributed by atoms with Crippen LogP contribution in [0.15, 0.2) is 18.2 Å². The highest BCUT2D eigenvalue weighted by molar-refractivity contribution is 5.52. The van der Waals surface area contributed by atoms with Crippen molar-refractivity contribution < 1.29 is 4.92 Å². The Labute approximate surface area is 120 Å². The lowest BCUT2D eigenvalue weighted by molar-refractivity contribution is -0.384. The molecule has 0 atom stereocenters. The molecule has 0 saturated heterocycles. The molecule has 0 bridgehead atoms. The average molecular weight is 279 g/mol. The fourth-order valence-electron chi connectivity index (χ4n) is 2.30. The first kappa shape index (κ1) is 16.4. The summed E-state index contributed by atoms with van der Waals surface area (Å²) in [5.41, 5.74) is 7.51. The van der Waals surface area contributed by atoms with Crippen molar-refractivity contribution in [2.24, 2.45) is 5.92 Å². The number of nitro groups is 1. The molecule has 5 nitrogen and oxygen atoms in total. The normalized spacial score (nSPS) is 11.2. The molecule has 0 amide bonds. The van der Waals surface area contributed by atoms with E-state index in [1.165, 1.54) is 6.07 Å². The van der Waals surface area contributed by atoms with Crippen LogP contribution in [-0.2, 0) is 6.54 Å². The number of nitrogen functional groups attached to an aromatic ring is 1. The van der Waals surface area contributed by atoms with Gasteiger partial charge in [0.1, 0.15) is 0 Å². The number of hydrogen-bond acceptors (Lipinski definition) is 4. The van der Waals surface area contributed by atoms with E-state index in [0.29, 0.717) is 18.2 Å². The topological polar surface area (TPSA) is 72.4 Å². The smallest absolute Gasteiger partial charge is 0.269 e. The van der Waals surface area contributed by atoms with Gasteiger partial charge in [0.25, 0.3) is 5.69 Å². The summed E-state index contributed by atoms with van der Waals surface area (Å²) in [5.74, 6) is 0.662. The van der Waals surface area contributed by atoms with Gasteiger partial charge in [-0.05, 0) is 24.1 Å². The van der Waals surface area contributed by atoms with Gasteiger partial charge in [-0.25, -0.2) is 0 Å². The summed E-state index contributed by atoms with van der Waals surface area (Å²) in [6.07, 6.45) is 2.30. The lowest BCUT2D eigenvalue weighted by Gasteiger charge is -2.25. The number of nitrogens with two attached hydrogens (primary N) is 1. The van der Waals surface area contributed by atoms with Crippen molar-refractivity contribution in [2.45, 2.75) is 40.2 Å². The molecule has 0 aliphatic heterocycles. The Morgan fingerprint density at radius 2 is 1.95 bits per heavy atom. The minimum atomic E-state index is -0.375. The maximum Gasteiger partial charge on any atom is 0.269 e. The second-order valence-electron chi connectivity index (χ2n) is 5.15. The third-order valence-electron chi connectivity index (χ3n) is 3.85. The van der Waals surface area contributed by atoms with E-state index in [0.717, 1.165) is 31.5 Å². The van der Waals surface area contributed by atoms with Gasteiger partial charge in [0.15, 0.2) is 0 Å². The standard InChI is InChI=1S/C15H25N3O2/c1-4-12(5-2)10-17(6-3)11-13-9-14(18(19)20)7-8-15(13)16/h7-9,12H,4-6,10-11,16H2,1-3H3. The third kappa shape index (κ3) is 4.49. The lowest BCUT2D eigenvalue weighted by Crippen LogP contribution is -2.29. The highest BCUT2D eigenvalue weighted by Crippen LogP contribution is 2.22. The SMILES string of the molecule is CCC(CC)CN(CC)Cc1cc([N+](=O)[O-])ccc1N. The molecule has 0 aliphatic carbocycles. The highest BCUT2D eigenvalue weighted by atomic mass is 16.6. The van der Waals surface area contributed by atoms with Crippen LogP contribution in [-0.4, -0.2) is 22.9 Å². The van der Waals surface area contributed by atoms with Crippen molar-refractivity contribution in [3.8, 4) is 0 Å². The van der Waals surface area contributed by atoms with Gasteiger partial charge in [-0.2, -0.15) is 0 Å². The van der Waals surface area contributed by atoms with Gasteiger partial charge in [0, 0.05) is 30.9 Å². The summed E-state index contributed by atoms with van der Waals surface area (Å²) >= 11 is 0. The van der Waals surface area contributed by atoms with E-state index in [9.17, 15) is 10.1 Å². The molecular formula is C15H25N3O2. The zero-order chi connectivity index (χ0) is 15.1. The van der Waals surface area contributed by atoms with E-state index in [2.05, 4.69) is 25.7 Å². The molecule has 0 heterocycles. The zero-order valence-electron chi connectivity index (χ0n) is 12.6.